The number of thiophene rings is 1. The van der Waals surface area contributed by atoms with E-state index < -0.39 is 6.10 Å². The van der Waals surface area contributed by atoms with Crippen LogP contribution in [0.4, 0.5) is 5.69 Å². The van der Waals surface area contributed by atoms with Gasteiger partial charge in [0.1, 0.15) is 0 Å². The highest BCUT2D eigenvalue weighted by Crippen LogP contribution is 2.14. The molecule has 0 aliphatic rings. The van der Waals surface area contributed by atoms with Gasteiger partial charge in [0, 0.05) is 15.0 Å². The Morgan fingerprint density at radius 1 is 1.40 bits per heavy atom. The quantitative estimate of drug-likeness (QED) is 0.655. The number of nitrogens with zero attached hydrogens (tertiary/aromatic N) is 1. The minimum absolute atomic E-state index is 0.240. The summed E-state index contributed by atoms with van der Waals surface area (Å²) in [6.07, 6.45) is 0.934. The van der Waals surface area contributed by atoms with Crippen molar-refractivity contribution in [2.45, 2.75) is 13.0 Å². The average Bonchev–Trinajstić information content (AvgIpc) is 2.94. The molecular formula is C14H13BrN2O2S. The van der Waals surface area contributed by atoms with E-state index in [1.165, 1.54) is 0 Å². The maximum Gasteiger partial charge on any atom is 0.267 e. The summed E-state index contributed by atoms with van der Waals surface area (Å²) in [6, 6.07) is 11.2. The SMILES string of the molecule is C[C@H](ON=Cc1cccs1)C(=O)Nc1ccc(Br)cc1. The van der Waals surface area contributed by atoms with Gasteiger partial charge >= 0.3 is 0 Å². The molecule has 1 N–H and O–H groups in total. The zero-order chi connectivity index (χ0) is 14.4. The van der Waals surface area contributed by atoms with Crippen molar-refractivity contribution < 1.29 is 9.63 Å². The summed E-state index contributed by atoms with van der Waals surface area (Å²) in [5.74, 6) is -0.240. The summed E-state index contributed by atoms with van der Waals surface area (Å²) in [7, 11) is 0. The van der Waals surface area contributed by atoms with Crippen molar-refractivity contribution in [1.82, 2.24) is 0 Å². The van der Waals surface area contributed by atoms with Crippen LogP contribution in [-0.2, 0) is 9.63 Å². The number of hydrogen-bond acceptors (Lipinski definition) is 4. The number of oxime groups is 1. The lowest BCUT2D eigenvalue weighted by Gasteiger charge is -2.10. The predicted molar refractivity (Wildman–Crippen MR) is 85.2 cm³/mol. The Hall–Kier alpha value is -1.66. The molecule has 0 bridgehead atoms. The summed E-state index contributed by atoms with van der Waals surface area (Å²) in [6.45, 7) is 1.65. The van der Waals surface area contributed by atoms with Crippen LogP contribution < -0.4 is 5.32 Å². The lowest BCUT2D eigenvalue weighted by Crippen LogP contribution is -2.26. The van der Waals surface area contributed by atoms with Crippen molar-refractivity contribution in [2.24, 2.45) is 5.16 Å². The highest BCUT2D eigenvalue weighted by atomic mass is 79.9. The first kappa shape index (κ1) is 14.7. The van der Waals surface area contributed by atoms with E-state index in [1.807, 2.05) is 41.8 Å². The molecule has 0 unspecified atom stereocenters. The third-order valence-corrected chi connectivity index (χ3v) is 3.76. The van der Waals surface area contributed by atoms with Gasteiger partial charge in [0.05, 0.1) is 6.21 Å². The molecule has 0 saturated carbocycles. The molecule has 0 aliphatic heterocycles. The fourth-order valence-corrected chi connectivity index (χ4v) is 2.20. The van der Waals surface area contributed by atoms with Crippen LogP contribution in [0.25, 0.3) is 0 Å². The van der Waals surface area contributed by atoms with Gasteiger partial charge in [-0.25, -0.2) is 0 Å². The number of hydrogen-bond donors (Lipinski definition) is 1. The number of nitrogens with one attached hydrogen (secondary N) is 1. The number of amides is 1. The standard InChI is InChI=1S/C14H13BrN2O2S/c1-10(19-16-9-13-3-2-8-20-13)14(18)17-12-6-4-11(15)5-7-12/h2-10H,1H3,(H,17,18)/t10-/m0/s1. The summed E-state index contributed by atoms with van der Waals surface area (Å²) in [4.78, 5) is 18.0. The lowest BCUT2D eigenvalue weighted by molar-refractivity contribution is -0.126. The third kappa shape index (κ3) is 4.47. The van der Waals surface area contributed by atoms with E-state index >= 15 is 0 Å². The molecule has 0 aliphatic carbocycles. The summed E-state index contributed by atoms with van der Waals surface area (Å²) in [5.41, 5.74) is 0.718. The Balaban J connectivity index is 1.84. The van der Waals surface area contributed by atoms with Crippen molar-refractivity contribution in [3.63, 3.8) is 0 Å². The Bertz CT molecular complexity index is 582. The van der Waals surface area contributed by atoms with Gasteiger partial charge in [0.25, 0.3) is 5.91 Å². The smallest absolute Gasteiger partial charge is 0.267 e. The number of carbonyl (C=O) groups is 1. The molecule has 104 valence electrons. The fourth-order valence-electron chi connectivity index (χ4n) is 1.36. The van der Waals surface area contributed by atoms with Gasteiger partial charge in [-0.3, -0.25) is 4.79 Å². The summed E-state index contributed by atoms with van der Waals surface area (Å²) in [5, 5.41) is 8.51. The van der Waals surface area contributed by atoms with Crippen molar-refractivity contribution in [3.8, 4) is 0 Å². The number of halogens is 1. The van der Waals surface area contributed by atoms with Gasteiger partial charge in [0.15, 0.2) is 0 Å². The van der Waals surface area contributed by atoms with Crippen molar-refractivity contribution >= 4 is 45.1 Å². The van der Waals surface area contributed by atoms with E-state index in [4.69, 9.17) is 4.84 Å². The molecule has 1 amide bonds. The number of carbonyl (C=O) groups excluding carboxylic acids is 1. The van der Waals surface area contributed by atoms with E-state index in [2.05, 4.69) is 26.4 Å². The average molecular weight is 353 g/mol. The molecule has 6 heteroatoms. The van der Waals surface area contributed by atoms with Crippen LogP contribution in [0.1, 0.15) is 11.8 Å². The zero-order valence-corrected chi connectivity index (χ0v) is 13.1. The Morgan fingerprint density at radius 2 is 2.15 bits per heavy atom. The van der Waals surface area contributed by atoms with E-state index in [0.717, 1.165) is 15.0 Å². The number of anilines is 1. The number of rotatable bonds is 5. The van der Waals surface area contributed by atoms with Gasteiger partial charge in [-0.15, -0.1) is 11.3 Å². The first-order valence-corrected chi connectivity index (χ1v) is 7.61. The van der Waals surface area contributed by atoms with Crippen molar-refractivity contribution in [1.29, 1.82) is 0 Å². The topological polar surface area (TPSA) is 50.7 Å². The van der Waals surface area contributed by atoms with Crippen LogP contribution in [0, 0.1) is 0 Å². The number of benzene rings is 1. The first-order chi connectivity index (χ1) is 9.65. The second-order valence-corrected chi connectivity index (χ2v) is 5.89. The molecule has 0 saturated heterocycles. The van der Waals surface area contributed by atoms with E-state index in [-0.39, 0.29) is 5.91 Å². The van der Waals surface area contributed by atoms with Gasteiger partial charge in [-0.2, -0.15) is 0 Å². The molecule has 2 rings (SSSR count). The molecule has 1 aromatic carbocycles. The molecule has 20 heavy (non-hydrogen) atoms. The van der Waals surface area contributed by atoms with Crippen LogP contribution in [0.15, 0.2) is 51.4 Å². The predicted octanol–water partition coefficient (Wildman–Crippen LogP) is 3.89. The molecule has 0 fully saturated rings. The minimum Gasteiger partial charge on any atom is -0.383 e. The molecule has 0 radical (unpaired) electrons. The molecule has 0 spiro atoms. The normalized spacial score (nSPS) is 12.3. The van der Waals surface area contributed by atoms with Gasteiger partial charge in [0.2, 0.25) is 6.10 Å². The maximum atomic E-state index is 11.9. The van der Waals surface area contributed by atoms with E-state index in [0.29, 0.717) is 0 Å². The Morgan fingerprint density at radius 3 is 2.80 bits per heavy atom. The fraction of sp³-hybridized carbons (Fsp3) is 0.143. The summed E-state index contributed by atoms with van der Waals surface area (Å²) >= 11 is 4.89. The molecule has 4 nitrogen and oxygen atoms in total. The Labute approximate surface area is 129 Å². The molecule has 1 aromatic heterocycles. The second-order valence-electron chi connectivity index (χ2n) is 3.99. The highest BCUT2D eigenvalue weighted by molar-refractivity contribution is 9.10. The molecular weight excluding hydrogens is 340 g/mol. The minimum atomic E-state index is -0.658. The highest BCUT2D eigenvalue weighted by Gasteiger charge is 2.13. The zero-order valence-electron chi connectivity index (χ0n) is 10.7. The van der Waals surface area contributed by atoms with Gasteiger partial charge in [-0.05, 0) is 42.6 Å². The van der Waals surface area contributed by atoms with Crippen molar-refractivity contribution in [2.75, 3.05) is 5.32 Å². The largest absolute Gasteiger partial charge is 0.383 e. The molecule has 2 aromatic rings. The second kappa shape index (κ2) is 7.21. The Kier molecular flexibility index (Phi) is 5.31. The van der Waals surface area contributed by atoms with E-state index in [1.54, 1.807) is 24.5 Å². The van der Waals surface area contributed by atoms with Crippen LogP contribution >= 0.6 is 27.3 Å². The van der Waals surface area contributed by atoms with Crippen LogP contribution in [0.5, 0.6) is 0 Å². The van der Waals surface area contributed by atoms with Crippen LogP contribution in [0.2, 0.25) is 0 Å². The first-order valence-electron chi connectivity index (χ1n) is 5.94. The third-order valence-electron chi connectivity index (χ3n) is 2.42. The maximum absolute atomic E-state index is 11.9. The monoisotopic (exact) mass is 352 g/mol. The van der Waals surface area contributed by atoms with Crippen molar-refractivity contribution in [3.05, 3.63) is 51.1 Å². The van der Waals surface area contributed by atoms with Crippen LogP contribution in [0.3, 0.4) is 0 Å². The summed E-state index contributed by atoms with van der Waals surface area (Å²) < 4.78 is 0.959. The van der Waals surface area contributed by atoms with Gasteiger partial charge < -0.3 is 10.2 Å². The van der Waals surface area contributed by atoms with Gasteiger partial charge in [-0.1, -0.05) is 27.2 Å². The molecule has 1 atom stereocenters. The molecule has 1 heterocycles. The lowest BCUT2D eigenvalue weighted by atomic mass is 10.3. The van der Waals surface area contributed by atoms with Crippen LogP contribution in [-0.4, -0.2) is 18.2 Å². The van der Waals surface area contributed by atoms with E-state index in [9.17, 15) is 4.79 Å².